The van der Waals surface area contributed by atoms with Gasteiger partial charge in [-0.3, -0.25) is 0 Å². The monoisotopic (exact) mass is 283 g/mol. The maximum Gasteiger partial charge on any atom is 0.500 e. The molecule has 104 valence electrons. The van der Waals surface area contributed by atoms with Gasteiger partial charge in [0.2, 0.25) is 0 Å². The van der Waals surface area contributed by atoms with Gasteiger partial charge in [0.1, 0.15) is 0 Å². The van der Waals surface area contributed by atoms with E-state index in [1.165, 1.54) is 0 Å². The zero-order valence-electron chi connectivity index (χ0n) is 11.5. The molecule has 0 spiro atoms. The van der Waals surface area contributed by atoms with E-state index < -0.39 is 8.80 Å². The number of halogens is 1. The number of nitrogens with one attached hydrogen (secondary N) is 1. The highest BCUT2D eigenvalue weighted by Crippen LogP contribution is 2.14. The summed E-state index contributed by atoms with van der Waals surface area (Å²) in [5.74, 6) is 0. The molecule has 0 saturated carbocycles. The van der Waals surface area contributed by atoms with Gasteiger partial charge in [-0.05, 0) is 26.8 Å². The molecule has 1 N–H and O–H groups in total. The Morgan fingerprint density at radius 1 is 1.18 bits per heavy atom. The van der Waals surface area contributed by atoms with E-state index in [0.29, 0.717) is 0 Å². The van der Waals surface area contributed by atoms with Crippen molar-refractivity contribution in [2.24, 2.45) is 0 Å². The molecular weight excluding hydrogens is 258 g/mol. The summed E-state index contributed by atoms with van der Waals surface area (Å²) in [4.78, 5) is 0. The lowest BCUT2D eigenvalue weighted by atomic mass is 10.1. The molecule has 0 unspecified atom stereocenters. The first kappa shape index (κ1) is 19.4. The SMILES string of the molecule is C=CC(C)(C)NCCC[Si](OC)(OC)OC.Cl. The second-order valence-electron chi connectivity index (χ2n) is 4.25. The minimum atomic E-state index is -2.39. The first-order chi connectivity index (χ1) is 7.45. The van der Waals surface area contributed by atoms with E-state index in [9.17, 15) is 0 Å². The van der Waals surface area contributed by atoms with Crippen LogP contribution in [-0.4, -0.2) is 42.2 Å². The summed E-state index contributed by atoms with van der Waals surface area (Å²) in [7, 11) is 2.53. The Morgan fingerprint density at radius 3 is 2.00 bits per heavy atom. The third-order valence-electron chi connectivity index (χ3n) is 2.68. The molecule has 0 aliphatic heterocycles. The normalized spacial score (nSPS) is 12.1. The minimum absolute atomic E-state index is 0. The van der Waals surface area contributed by atoms with Gasteiger partial charge in [-0.1, -0.05) is 6.08 Å². The number of hydrogen-bond donors (Lipinski definition) is 1. The van der Waals surface area contributed by atoms with Crippen LogP contribution in [0.1, 0.15) is 20.3 Å². The summed E-state index contributed by atoms with van der Waals surface area (Å²) in [5, 5.41) is 3.39. The van der Waals surface area contributed by atoms with Crippen LogP contribution in [0.2, 0.25) is 6.04 Å². The van der Waals surface area contributed by atoms with E-state index in [-0.39, 0.29) is 17.9 Å². The molecule has 0 aromatic rings. The van der Waals surface area contributed by atoms with E-state index in [1.54, 1.807) is 21.3 Å². The first-order valence-electron chi connectivity index (χ1n) is 5.49. The third kappa shape index (κ3) is 7.18. The highest BCUT2D eigenvalue weighted by Gasteiger charge is 2.36. The Morgan fingerprint density at radius 2 is 1.65 bits per heavy atom. The van der Waals surface area contributed by atoms with Crippen LogP contribution in [0.5, 0.6) is 0 Å². The van der Waals surface area contributed by atoms with E-state index in [0.717, 1.165) is 19.0 Å². The molecule has 6 heteroatoms. The van der Waals surface area contributed by atoms with Crippen LogP contribution >= 0.6 is 12.4 Å². The van der Waals surface area contributed by atoms with Crippen molar-refractivity contribution in [1.29, 1.82) is 0 Å². The van der Waals surface area contributed by atoms with E-state index >= 15 is 0 Å². The highest BCUT2D eigenvalue weighted by molar-refractivity contribution is 6.60. The lowest BCUT2D eigenvalue weighted by Gasteiger charge is -2.26. The van der Waals surface area contributed by atoms with Crippen molar-refractivity contribution in [3.05, 3.63) is 12.7 Å². The lowest BCUT2D eigenvalue weighted by Crippen LogP contribution is -2.44. The minimum Gasteiger partial charge on any atom is -0.377 e. The van der Waals surface area contributed by atoms with E-state index in [1.807, 2.05) is 6.08 Å². The quantitative estimate of drug-likeness (QED) is 0.400. The number of hydrogen-bond acceptors (Lipinski definition) is 4. The average molecular weight is 284 g/mol. The maximum absolute atomic E-state index is 5.34. The largest absolute Gasteiger partial charge is 0.500 e. The van der Waals surface area contributed by atoms with Crippen LogP contribution in [0.4, 0.5) is 0 Å². The molecular formula is C11H26ClNO3Si. The van der Waals surface area contributed by atoms with Crippen molar-refractivity contribution in [3.8, 4) is 0 Å². The van der Waals surface area contributed by atoms with Crippen molar-refractivity contribution in [2.75, 3.05) is 27.9 Å². The molecule has 0 aromatic carbocycles. The number of rotatable bonds is 9. The molecule has 0 atom stereocenters. The summed E-state index contributed by atoms with van der Waals surface area (Å²) in [6.07, 6.45) is 2.86. The topological polar surface area (TPSA) is 39.7 Å². The van der Waals surface area contributed by atoms with Gasteiger partial charge in [0.15, 0.2) is 0 Å². The van der Waals surface area contributed by atoms with Gasteiger partial charge in [-0.25, -0.2) is 0 Å². The predicted molar refractivity (Wildman–Crippen MR) is 75.7 cm³/mol. The highest BCUT2D eigenvalue weighted by atomic mass is 35.5. The van der Waals surface area contributed by atoms with Gasteiger partial charge < -0.3 is 18.6 Å². The molecule has 0 rings (SSSR count). The average Bonchev–Trinajstić information content (AvgIpc) is 2.30. The van der Waals surface area contributed by atoms with Crippen LogP contribution in [-0.2, 0) is 13.3 Å². The Balaban J connectivity index is 0. The maximum atomic E-state index is 5.34. The van der Waals surface area contributed by atoms with Gasteiger partial charge in [-0.15, -0.1) is 19.0 Å². The molecule has 0 saturated heterocycles. The smallest absolute Gasteiger partial charge is 0.377 e. The van der Waals surface area contributed by atoms with Gasteiger partial charge in [0, 0.05) is 32.9 Å². The summed E-state index contributed by atoms with van der Waals surface area (Å²) in [5.41, 5.74) is -0.0303. The molecule has 0 radical (unpaired) electrons. The fourth-order valence-corrected chi connectivity index (χ4v) is 3.07. The molecule has 0 aromatic heterocycles. The summed E-state index contributed by atoms with van der Waals surface area (Å²) < 4.78 is 16.0. The molecule has 0 amide bonds. The zero-order valence-corrected chi connectivity index (χ0v) is 13.4. The molecule has 0 fully saturated rings. The second kappa shape index (κ2) is 9.07. The molecule has 17 heavy (non-hydrogen) atoms. The molecule has 0 heterocycles. The fraction of sp³-hybridized carbons (Fsp3) is 0.818. The van der Waals surface area contributed by atoms with E-state index in [2.05, 4.69) is 25.7 Å². The fourth-order valence-electron chi connectivity index (χ4n) is 1.34. The Kier molecular flexibility index (Phi) is 10.4. The lowest BCUT2D eigenvalue weighted by molar-refractivity contribution is 0.123. The first-order valence-corrected chi connectivity index (χ1v) is 7.42. The summed E-state index contributed by atoms with van der Waals surface area (Å²) in [6.45, 7) is 8.86. The van der Waals surface area contributed by atoms with Crippen molar-refractivity contribution in [1.82, 2.24) is 5.32 Å². The van der Waals surface area contributed by atoms with Crippen molar-refractivity contribution < 1.29 is 13.3 Å². The predicted octanol–water partition coefficient (Wildman–Crippen LogP) is 2.23. The van der Waals surface area contributed by atoms with Crippen LogP contribution in [0.25, 0.3) is 0 Å². The van der Waals surface area contributed by atoms with Gasteiger partial charge >= 0.3 is 8.80 Å². The molecule has 0 aliphatic carbocycles. The van der Waals surface area contributed by atoms with Gasteiger partial charge in [-0.2, -0.15) is 0 Å². The Bertz CT molecular complexity index is 203. The zero-order chi connectivity index (χ0) is 12.7. The molecule has 0 bridgehead atoms. The standard InChI is InChI=1S/C11H25NO3Si.ClH/c1-7-11(2,3)12-9-8-10-16(13-4,14-5)15-6;/h7,12H,1,8-10H2,2-6H3;1H. The van der Waals surface area contributed by atoms with Crippen LogP contribution in [0.15, 0.2) is 12.7 Å². The van der Waals surface area contributed by atoms with Gasteiger partial charge in [0.25, 0.3) is 0 Å². The van der Waals surface area contributed by atoms with Crippen molar-refractivity contribution in [3.63, 3.8) is 0 Å². The van der Waals surface area contributed by atoms with Crippen LogP contribution < -0.4 is 5.32 Å². The summed E-state index contributed by atoms with van der Waals surface area (Å²) in [6, 6.07) is 0.816. The Hall–Kier alpha value is 0.0869. The van der Waals surface area contributed by atoms with Crippen molar-refractivity contribution >= 4 is 21.2 Å². The third-order valence-corrected chi connectivity index (χ3v) is 5.52. The van der Waals surface area contributed by atoms with Crippen LogP contribution in [0, 0.1) is 0 Å². The Labute approximate surface area is 112 Å². The van der Waals surface area contributed by atoms with Crippen molar-refractivity contribution in [2.45, 2.75) is 31.9 Å². The second-order valence-corrected chi connectivity index (χ2v) is 7.34. The van der Waals surface area contributed by atoms with E-state index in [4.69, 9.17) is 13.3 Å². The summed E-state index contributed by atoms with van der Waals surface area (Å²) >= 11 is 0. The molecule has 4 nitrogen and oxygen atoms in total. The van der Waals surface area contributed by atoms with Gasteiger partial charge in [0.05, 0.1) is 0 Å². The van der Waals surface area contributed by atoms with Crippen LogP contribution in [0.3, 0.4) is 0 Å². The molecule has 0 aliphatic rings.